The van der Waals surface area contributed by atoms with Crippen molar-refractivity contribution in [2.45, 2.75) is 24.3 Å². The van der Waals surface area contributed by atoms with Gasteiger partial charge in [-0.25, -0.2) is 4.79 Å². The summed E-state index contributed by atoms with van der Waals surface area (Å²) in [5.41, 5.74) is 0.450. The molecule has 0 saturated carbocycles. The van der Waals surface area contributed by atoms with Crippen LogP contribution in [0.3, 0.4) is 0 Å². The van der Waals surface area contributed by atoms with Crippen LogP contribution < -0.4 is 4.74 Å². The molecule has 0 radical (unpaired) electrons. The van der Waals surface area contributed by atoms with E-state index in [9.17, 15) is 9.59 Å². The highest BCUT2D eigenvalue weighted by Gasteiger charge is 2.30. The maximum atomic E-state index is 12.2. The lowest BCUT2D eigenvalue weighted by Crippen LogP contribution is -2.39. The molecule has 136 valence electrons. The van der Waals surface area contributed by atoms with Gasteiger partial charge in [0.25, 0.3) is 0 Å². The Balaban J connectivity index is 2.02. The molecule has 5 heteroatoms. The van der Waals surface area contributed by atoms with Crippen LogP contribution in [0.15, 0.2) is 59.5 Å². The lowest BCUT2D eigenvalue weighted by Gasteiger charge is -2.23. The lowest BCUT2D eigenvalue weighted by atomic mass is 10.1. The molecule has 0 fully saturated rings. The molecule has 0 spiro atoms. The highest BCUT2D eigenvalue weighted by molar-refractivity contribution is 7.98. The van der Waals surface area contributed by atoms with Crippen molar-refractivity contribution >= 4 is 29.6 Å². The third-order valence-electron chi connectivity index (χ3n) is 3.73. The summed E-state index contributed by atoms with van der Waals surface area (Å²) in [6, 6.07) is 14.7. The Labute approximate surface area is 158 Å². The summed E-state index contributed by atoms with van der Waals surface area (Å²) in [6.07, 6.45) is 5.29. The zero-order valence-corrected chi connectivity index (χ0v) is 16.1. The van der Waals surface area contributed by atoms with Gasteiger partial charge in [0.2, 0.25) is 0 Å². The van der Waals surface area contributed by atoms with E-state index in [-0.39, 0.29) is 5.78 Å². The van der Waals surface area contributed by atoms with Crippen LogP contribution in [-0.2, 0) is 9.53 Å². The number of ketones is 1. The molecule has 0 bridgehead atoms. The van der Waals surface area contributed by atoms with Gasteiger partial charge in [0, 0.05) is 10.5 Å². The average Bonchev–Trinajstić information content (AvgIpc) is 2.66. The summed E-state index contributed by atoms with van der Waals surface area (Å²) >= 11 is 1.64. The molecule has 2 rings (SSSR count). The molecule has 0 atom stereocenters. The van der Waals surface area contributed by atoms with Crippen molar-refractivity contribution in [3.05, 3.63) is 65.7 Å². The standard InChI is InChI=1S/C21H22O4S/c1-21(2,20(23)24-3)25-17-10-5-15(6-11-17)7-14-19(22)16-8-12-18(26-4)13-9-16/h5-14H,1-4H3/b14-7+. The number of esters is 1. The summed E-state index contributed by atoms with van der Waals surface area (Å²) in [5.74, 6) is 0.0564. The zero-order valence-electron chi connectivity index (χ0n) is 15.3. The molecule has 0 aliphatic heterocycles. The number of hydrogen-bond acceptors (Lipinski definition) is 5. The molecular weight excluding hydrogens is 348 g/mol. The number of hydrogen-bond donors (Lipinski definition) is 0. The zero-order chi connectivity index (χ0) is 19.2. The number of thioether (sulfide) groups is 1. The first-order valence-corrected chi connectivity index (χ1v) is 9.32. The minimum absolute atomic E-state index is 0.0511. The fourth-order valence-electron chi connectivity index (χ4n) is 2.25. The predicted octanol–water partition coefficient (Wildman–Crippen LogP) is 4.64. The highest BCUT2D eigenvalue weighted by atomic mass is 32.2. The summed E-state index contributed by atoms with van der Waals surface area (Å²) < 4.78 is 10.4. The van der Waals surface area contributed by atoms with E-state index in [1.54, 1.807) is 49.9 Å². The molecule has 0 N–H and O–H groups in total. The van der Waals surface area contributed by atoms with Crippen LogP contribution in [0, 0.1) is 0 Å². The van der Waals surface area contributed by atoms with E-state index < -0.39 is 11.6 Å². The number of methoxy groups -OCH3 is 1. The third-order valence-corrected chi connectivity index (χ3v) is 4.48. The number of ether oxygens (including phenoxy) is 2. The maximum Gasteiger partial charge on any atom is 0.349 e. The first-order valence-electron chi connectivity index (χ1n) is 8.09. The van der Waals surface area contributed by atoms with Crippen molar-refractivity contribution in [1.82, 2.24) is 0 Å². The average molecular weight is 370 g/mol. The van der Waals surface area contributed by atoms with E-state index in [2.05, 4.69) is 0 Å². The fraction of sp³-hybridized carbons (Fsp3) is 0.238. The van der Waals surface area contributed by atoms with E-state index in [4.69, 9.17) is 9.47 Å². The Bertz CT molecular complexity index is 790. The molecule has 0 heterocycles. The molecule has 0 saturated heterocycles. The van der Waals surface area contributed by atoms with Gasteiger partial charge >= 0.3 is 5.97 Å². The molecule has 4 nitrogen and oxygen atoms in total. The highest BCUT2D eigenvalue weighted by Crippen LogP contribution is 2.21. The molecule has 26 heavy (non-hydrogen) atoms. The largest absolute Gasteiger partial charge is 0.476 e. The van der Waals surface area contributed by atoms with Gasteiger partial charge in [0.1, 0.15) is 5.75 Å². The van der Waals surface area contributed by atoms with Crippen LogP contribution in [0.4, 0.5) is 0 Å². The third kappa shape index (κ3) is 5.23. The first kappa shape index (κ1) is 19.8. The Morgan fingerprint density at radius 3 is 2.15 bits per heavy atom. The number of carbonyl (C=O) groups is 2. The van der Waals surface area contributed by atoms with Gasteiger partial charge in [-0.1, -0.05) is 18.2 Å². The second-order valence-electron chi connectivity index (χ2n) is 6.10. The summed E-state index contributed by atoms with van der Waals surface area (Å²) in [4.78, 5) is 25.0. The number of carbonyl (C=O) groups excluding carboxylic acids is 2. The van der Waals surface area contributed by atoms with E-state index in [1.165, 1.54) is 7.11 Å². The maximum absolute atomic E-state index is 12.2. The van der Waals surface area contributed by atoms with Crippen molar-refractivity contribution in [2.75, 3.05) is 13.4 Å². The quantitative estimate of drug-likeness (QED) is 0.308. The van der Waals surface area contributed by atoms with Crippen LogP contribution in [0.2, 0.25) is 0 Å². The molecule has 0 unspecified atom stereocenters. The smallest absolute Gasteiger partial charge is 0.349 e. The normalized spacial score (nSPS) is 11.4. The van der Waals surface area contributed by atoms with Gasteiger partial charge in [-0.05, 0) is 68.1 Å². The van der Waals surface area contributed by atoms with Crippen LogP contribution in [-0.4, -0.2) is 30.7 Å². The molecule has 0 aliphatic rings. The SMILES string of the molecule is COC(=O)C(C)(C)Oc1ccc(/C=C/C(=O)c2ccc(SC)cc2)cc1. The van der Waals surface area contributed by atoms with E-state index >= 15 is 0 Å². The molecule has 2 aromatic rings. The van der Waals surface area contributed by atoms with Gasteiger partial charge in [-0.15, -0.1) is 11.8 Å². The summed E-state index contributed by atoms with van der Waals surface area (Å²) in [7, 11) is 1.33. The minimum atomic E-state index is -1.06. The number of rotatable bonds is 7. The summed E-state index contributed by atoms with van der Waals surface area (Å²) in [6.45, 7) is 3.29. The van der Waals surface area contributed by atoms with Crippen LogP contribution in [0.1, 0.15) is 29.8 Å². The van der Waals surface area contributed by atoms with E-state index in [1.807, 2.05) is 42.7 Å². The van der Waals surface area contributed by atoms with Crippen molar-refractivity contribution < 1.29 is 19.1 Å². The van der Waals surface area contributed by atoms with Crippen LogP contribution in [0.25, 0.3) is 6.08 Å². The second-order valence-corrected chi connectivity index (χ2v) is 6.98. The van der Waals surface area contributed by atoms with Crippen LogP contribution >= 0.6 is 11.8 Å². The predicted molar refractivity (Wildman–Crippen MR) is 105 cm³/mol. The van der Waals surface area contributed by atoms with Crippen molar-refractivity contribution in [3.63, 3.8) is 0 Å². The molecular formula is C21H22O4S. The first-order chi connectivity index (χ1) is 12.4. The summed E-state index contributed by atoms with van der Waals surface area (Å²) in [5, 5.41) is 0. The Kier molecular flexibility index (Phi) is 6.64. The van der Waals surface area contributed by atoms with E-state index in [0.29, 0.717) is 11.3 Å². The monoisotopic (exact) mass is 370 g/mol. The van der Waals surface area contributed by atoms with Crippen LogP contribution in [0.5, 0.6) is 5.75 Å². The second kappa shape index (κ2) is 8.72. The number of benzene rings is 2. The molecule has 0 amide bonds. The molecule has 0 aliphatic carbocycles. The molecule has 2 aromatic carbocycles. The van der Waals surface area contributed by atoms with Crippen molar-refractivity contribution in [2.24, 2.45) is 0 Å². The Morgan fingerprint density at radius 1 is 1.00 bits per heavy atom. The van der Waals surface area contributed by atoms with E-state index in [0.717, 1.165) is 10.5 Å². The van der Waals surface area contributed by atoms with Gasteiger partial charge in [0.05, 0.1) is 7.11 Å². The molecule has 0 aromatic heterocycles. The van der Waals surface area contributed by atoms with Crippen molar-refractivity contribution in [1.29, 1.82) is 0 Å². The van der Waals surface area contributed by atoms with Gasteiger partial charge < -0.3 is 9.47 Å². The van der Waals surface area contributed by atoms with Crippen molar-refractivity contribution in [3.8, 4) is 5.75 Å². The lowest BCUT2D eigenvalue weighted by molar-refractivity contribution is -0.156. The van der Waals surface area contributed by atoms with Gasteiger partial charge in [0.15, 0.2) is 11.4 Å². The Hall–Kier alpha value is -2.53. The Morgan fingerprint density at radius 2 is 1.62 bits per heavy atom. The minimum Gasteiger partial charge on any atom is -0.476 e. The number of allylic oxidation sites excluding steroid dienone is 1. The van der Waals surface area contributed by atoms with Gasteiger partial charge in [-0.2, -0.15) is 0 Å². The topological polar surface area (TPSA) is 52.6 Å². The van der Waals surface area contributed by atoms with Gasteiger partial charge in [-0.3, -0.25) is 4.79 Å². The fourth-order valence-corrected chi connectivity index (χ4v) is 2.66.